The second kappa shape index (κ2) is 6.90. The highest BCUT2D eigenvalue weighted by molar-refractivity contribution is 9.10. The number of rotatable bonds is 2. The number of hydrazone groups is 1. The van der Waals surface area contributed by atoms with E-state index in [1.807, 2.05) is 53.5 Å². The van der Waals surface area contributed by atoms with Crippen molar-refractivity contribution < 1.29 is 9.13 Å². The first-order chi connectivity index (χ1) is 13.6. The van der Waals surface area contributed by atoms with Crippen molar-refractivity contribution in [3.05, 3.63) is 98.7 Å². The van der Waals surface area contributed by atoms with Crippen molar-refractivity contribution in [1.82, 2.24) is 5.01 Å². The Morgan fingerprint density at radius 3 is 2.68 bits per heavy atom. The average Bonchev–Trinajstić information content (AvgIpc) is 3.15. The number of ether oxygens (including phenoxy) is 1. The first-order valence-electron chi connectivity index (χ1n) is 8.93. The van der Waals surface area contributed by atoms with Crippen molar-refractivity contribution in [1.29, 1.82) is 0 Å². The van der Waals surface area contributed by atoms with Gasteiger partial charge >= 0.3 is 0 Å². The van der Waals surface area contributed by atoms with Gasteiger partial charge in [-0.2, -0.15) is 5.10 Å². The van der Waals surface area contributed by atoms with Crippen LogP contribution in [0.4, 0.5) is 4.39 Å². The van der Waals surface area contributed by atoms with Gasteiger partial charge < -0.3 is 4.74 Å². The lowest BCUT2D eigenvalue weighted by Gasteiger charge is -2.38. The van der Waals surface area contributed by atoms with Gasteiger partial charge in [0.2, 0.25) is 6.23 Å². The molecule has 28 heavy (non-hydrogen) atoms. The molecule has 2 heterocycles. The van der Waals surface area contributed by atoms with Crippen molar-refractivity contribution in [2.75, 3.05) is 0 Å². The van der Waals surface area contributed by atoms with Crippen LogP contribution in [0, 0.1) is 5.82 Å². The van der Waals surface area contributed by atoms with Crippen LogP contribution in [0.1, 0.15) is 35.4 Å². The van der Waals surface area contributed by atoms with E-state index in [2.05, 4.69) is 15.9 Å². The molecule has 0 fully saturated rings. The third-order valence-electron chi connectivity index (χ3n) is 5.11. The summed E-state index contributed by atoms with van der Waals surface area (Å²) >= 11 is 9.89. The van der Waals surface area contributed by atoms with Gasteiger partial charge in [-0.3, -0.25) is 0 Å². The van der Waals surface area contributed by atoms with Crippen LogP contribution < -0.4 is 4.74 Å². The maximum atomic E-state index is 14.7. The average molecular weight is 458 g/mol. The molecule has 0 N–H and O–H groups in total. The summed E-state index contributed by atoms with van der Waals surface area (Å²) in [6, 6.07) is 20.5. The van der Waals surface area contributed by atoms with E-state index >= 15 is 0 Å². The smallest absolute Gasteiger partial charge is 0.218 e. The fourth-order valence-electron chi connectivity index (χ4n) is 3.80. The van der Waals surface area contributed by atoms with Crippen molar-refractivity contribution in [2.24, 2.45) is 5.10 Å². The lowest BCUT2D eigenvalue weighted by Crippen LogP contribution is -2.34. The Kier molecular flexibility index (Phi) is 4.37. The van der Waals surface area contributed by atoms with Gasteiger partial charge in [-0.05, 0) is 35.9 Å². The maximum Gasteiger partial charge on any atom is 0.218 e. The molecule has 0 radical (unpaired) electrons. The minimum Gasteiger partial charge on any atom is -0.464 e. The molecule has 3 nitrogen and oxygen atoms in total. The summed E-state index contributed by atoms with van der Waals surface area (Å²) in [5, 5.41) is 6.99. The molecule has 3 aromatic carbocycles. The third kappa shape index (κ3) is 2.90. The van der Waals surface area contributed by atoms with E-state index in [0.717, 1.165) is 27.1 Å². The minimum atomic E-state index is -0.728. The standard InChI is InChI=1S/C22H15BrClFN2O/c23-14-9-10-20-15(11-14)19-12-18(13-5-2-1-3-6-13)26-27(19)22(28-20)21-16(24)7-4-8-17(21)25/h1-11,19,22H,12H2/t19-,22-/m1/s1. The van der Waals surface area contributed by atoms with E-state index in [9.17, 15) is 4.39 Å². The van der Waals surface area contributed by atoms with Crippen LogP contribution >= 0.6 is 27.5 Å². The zero-order valence-corrected chi connectivity index (χ0v) is 17.0. The molecule has 0 bridgehead atoms. The van der Waals surface area contributed by atoms with Gasteiger partial charge in [0.1, 0.15) is 11.6 Å². The Morgan fingerprint density at radius 2 is 1.89 bits per heavy atom. The first-order valence-corrected chi connectivity index (χ1v) is 10.1. The molecule has 0 aromatic heterocycles. The van der Waals surface area contributed by atoms with Crippen LogP contribution in [0.2, 0.25) is 5.02 Å². The van der Waals surface area contributed by atoms with Gasteiger partial charge in [0, 0.05) is 16.5 Å². The van der Waals surface area contributed by atoms with Gasteiger partial charge in [0.15, 0.2) is 0 Å². The van der Waals surface area contributed by atoms with Crippen molar-refractivity contribution >= 4 is 33.2 Å². The van der Waals surface area contributed by atoms with Gasteiger partial charge in [-0.1, -0.05) is 63.9 Å². The topological polar surface area (TPSA) is 24.8 Å². The highest BCUT2D eigenvalue weighted by Gasteiger charge is 2.42. The summed E-state index contributed by atoms with van der Waals surface area (Å²) in [6.45, 7) is 0. The van der Waals surface area contributed by atoms with E-state index in [0.29, 0.717) is 17.0 Å². The fourth-order valence-corrected chi connectivity index (χ4v) is 4.44. The van der Waals surface area contributed by atoms with Gasteiger partial charge in [-0.15, -0.1) is 0 Å². The van der Waals surface area contributed by atoms with Crippen molar-refractivity contribution in [2.45, 2.75) is 18.7 Å². The number of benzene rings is 3. The molecular weight excluding hydrogens is 443 g/mol. The number of nitrogens with zero attached hydrogens (tertiary/aromatic N) is 2. The summed E-state index contributed by atoms with van der Waals surface area (Å²) in [6.07, 6.45) is -0.0204. The number of fused-ring (bicyclic) bond motifs is 3. The van der Waals surface area contributed by atoms with Crippen LogP contribution in [0.5, 0.6) is 5.75 Å². The molecule has 140 valence electrons. The largest absolute Gasteiger partial charge is 0.464 e. The molecule has 0 unspecified atom stereocenters. The molecule has 0 amide bonds. The Labute approximate surface area is 175 Å². The minimum absolute atomic E-state index is 0.0582. The Morgan fingerprint density at radius 1 is 1.07 bits per heavy atom. The molecule has 6 heteroatoms. The van der Waals surface area contributed by atoms with Gasteiger partial charge in [0.05, 0.1) is 22.3 Å². The fraction of sp³-hybridized carbons (Fsp3) is 0.136. The quantitative estimate of drug-likeness (QED) is 0.440. The first kappa shape index (κ1) is 17.7. The number of hydrogen-bond donors (Lipinski definition) is 0. The lowest BCUT2D eigenvalue weighted by molar-refractivity contribution is -0.0211. The SMILES string of the molecule is Fc1cccc(Cl)c1[C@H]1Oc2ccc(Br)cc2[C@H]2CC(c3ccccc3)=NN21. The molecule has 0 saturated heterocycles. The zero-order chi connectivity index (χ0) is 19.3. The molecule has 2 aliphatic heterocycles. The van der Waals surface area contributed by atoms with E-state index < -0.39 is 12.0 Å². The zero-order valence-electron chi connectivity index (χ0n) is 14.6. The van der Waals surface area contributed by atoms with Crippen LogP contribution in [0.25, 0.3) is 0 Å². The normalized spacial score (nSPS) is 20.2. The van der Waals surface area contributed by atoms with E-state index in [4.69, 9.17) is 21.4 Å². The van der Waals surface area contributed by atoms with Crippen LogP contribution in [0.3, 0.4) is 0 Å². The summed E-state index contributed by atoms with van der Waals surface area (Å²) in [5.41, 5.74) is 3.32. The Balaban J connectivity index is 1.66. The molecule has 2 atom stereocenters. The third-order valence-corrected chi connectivity index (χ3v) is 5.93. The molecule has 3 aromatic rings. The Hall–Kier alpha value is -2.37. The molecule has 2 aliphatic rings. The van der Waals surface area contributed by atoms with Crippen molar-refractivity contribution in [3.8, 4) is 5.75 Å². The summed E-state index contributed by atoms with van der Waals surface area (Å²) in [5.74, 6) is 0.318. The summed E-state index contributed by atoms with van der Waals surface area (Å²) in [4.78, 5) is 0. The van der Waals surface area contributed by atoms with Crippen molar-refractivity contribution in [3.63, 3.8) is 0 Å². The van der Waals surface area contributed by atoms with E-state index in [-0.39, 0.29) is 6.04 Å². The Bertz CT molecular complexity index is 1070. The molecule has 0 saturated carbocycles. The summed E-state index contributed by atoms with van der Waals surface area (Å²) in [7, 11) is 0. The van der Waals surface area contributed by atoms with Crippen LogP contribution in [-0.2, 0) is 0 Å². The molecule has 0 spiro atoms. The second-order valence-electron chi connectivity index (χ2n) is 6.80. The predicted molar refractivity (Wildman–Crippen MR) is 111 cm³/mol. The van der Waals surface area contributed by atoms with E-state index in [1.54, 1.807) is 12.1 Å². The monoisotopic (exact) mass is 456 g/mol. The second-order valence-corrected chi connectivity index (χ2v) is 8.12. The summed E-state index contributed by atoms with van der Waals surface area (Å²) < 4.78 is 21.9. The van der Waals surface area contributed by atoms with Gasteiger partial charge in [-0.25, -0.2) is 9.40 Å². The number of hydrogen-bond acceptors (Lipinski definition) is 3. The highest BCUT2D eigenvalue weighted by Crippen LogP contribution is 2.49. The number of halogens is 3. The molecular formula is C22H15BrClFN2O. The van der Waals surface area contributed by atoms with Crippen LogP contribution in [0.15, 0.2) is 76.3 Å². The molecule has 5 rings (SSSR count). The van der Waals surface area contributed by atoms with Crippen LogP contribution in [-0.4, -0.2) is 10.7 Å². The lowest BCUT2D eigenvalue weighted by atomic mass is 9.96. The maximum absolute atomic E-state index is 14.7. The molecule has 0 aliphatic carbocycles. The van der Waals surface area contributed by atoms with Gasteiger partial charge in [0.25, 0.3) is 0 Å². The van der Waals surface area contributed by atoms with E-state index in [1.165, 1.54) is 6.07 Å². The predicted octanol–water partition coefficient (Wildman–Crippen LogP) is 6.48. The highest BCUT2D eigenvalue weighted by atomic mass is 79.9.